The molecule has 0 radical (unpaired) electrons. The second-order valence-electron chi connectivity index (χ2n) is 8.79. The van der Waals surface area contributed by atoms with Crippen LogP contribution < -0.4 is 0 Å². The van der Waals surface area contributed by atoms with Crippen molar-refractivity contribution in [1.82, 2.24) is 0 Å². The second kappa shape index (κ2) is 4.52. The van der Waals surface area contributed by atoms with Crippen LogP contribution in [-0.2, 0) is 14.4 Å². The zero-order valence-electron chi connectivity index (χ0n) is 13.7. The number of carbonyl (C=O) groups excluding carboxylic acids is 3. The highest BCUT2D eigenvalue weighted by molar-refractivity contribution is 5.95. The highest BCUT2D eigenvalue weighted by atomic mass is 16.1. The highest BCUT2D eigenvalue weighted by Gasteiger charge is 2.63. The summed E-state index contributed by atoms with van der Waals surface area (Å²) in [5.41, 5.74) is -0.382. The van der Waals surface area contributed by atoms with Crippen LogP contribution in [0.4, 0.5) is 0 Å². The molecule has 0 spiro atoms. The van der Waals surface area contributed by atoms with E-state index in [1.54, 1.807) is 0 Å². The summed E-state index contributed by atoms with van der Waals surface area (Å²) in [4.78, 5) is 37.2. The van der Waals surface area contributed by atoms with Crippen molar-refractivity contribution in [3.8, 4) is 0 Å². The summed E-state index contributed by atoms with van der Waals surface area (Å²) in [7, 11) is 0. The minimum absolute atomic E-state index is 0.000871. The third kappa shape index (κ3) is 1.71. The van der Waals surface area contributed by atoms with E-state index in [1.165, 1.54) is 0 Å². The Kier molecular flexibility index (Phi) is 3.00. The normalized spacial score (nSPS) is 51.3. The fraction of sp³-hybridized carbons (Fsp3) is 0.842. The van der Waals surface area contributed by atoms with E-state index in [2.05, 4.69) is 6.92 Å². The summed E-state index contributed by atoms with van der Waals surface area (Å²) in [6.07, 6.45) is 6.39. The first-order chi connectivity index (χ1) is 10.4. The van der Waals surface area contributed by atoms with E-state index in [0.29, 0.717) is 60.8 Å². The Morgan fingerprint density at radius 2 is 1.77 bits per heavy atom. The molecule has 4 fully saturated rings. The summed E-state index contributed by atoms with van der Waals surface area (Å²) in [5.74, 6) is 2.29. The SMILES string of the molecule is C[C@]12CC(=O)C3C(CC[C@H]4CC(=O)CC[C@]34C)C1CCC2=O. The molecule has 3 unspecified atom stereocenters. The van der Waals surface area contributed by atoms with E-state index in [4.69, 9.17) is 0 Å². The number of carbonyl (C=O) groups is 3. The first-order valence-electron chi connectivity index (χ1n) is 8.94. The topological polar surface area (TPSA) is 51.2 Å². The maximum Gasteiger partial charge on any atom is 0.139 e. The lowest BCUT2D eigenvalue weighted by molar-refractivity contribution is -0.161. The molecule has 6 atom stereocenters. The number of Topliss-reactive ketones (excluding diaryl/α,β-unsaturated/α-hetero) is 3. The van der Waals surface area contributed by atoms with Gasteiger partial charge >= 0.3 is 0 Å². The van der Waals surface area contributed by atoms with Gasteiger partial charge in [0.05, 0.1) is 0 Å². The minimum Gasteiger partial charge on any atom is -0.300 e. The van der Waals surface area contributed by atoms with Gasteiger partial charge in [0, 0.05) is 37.0 Å². The molecular weight excluding hydrogens is 276 g/mol. The molecule has 4 aliphatic rings. The van der Waals surface area contributed by atoms with E-state index in [9.17, 15) is 14.4 Å². The van der Waals surface area contributed by atoms with Crippen molar-refractivity contribution in [2.45, 2.75) is 65.2 Å². The van der Waals surface area contributed by atoms with Crippen LogP contribution >= 0.6 is 0 Å². The molecule has 3 heteroatoms. The van der Waals surface area contributed by atoms with Crippen LogP contribution in [0.25, 0.3) is 0 Å². The molecule has 0 aromatic carbocycles. The Hall–Kier alpha value is -0.990. The average molecular weight is 302 g/mol. The number of hydrogen-bond donors (Lipinski definition) is 0. The van der Waals surface area contributed by atoms with Crippen molar-refractivity contribution in [3.63, 3.8) is 0 Å². The first kappa shape index (κ1) is 14.6. The Morgan fingerprint density at radius 3 is 2.55 bits per heavy atom. The molecule has 22 heavy (non-hydrogen) atoms. The summed E-state index contributed by atoms with van der Waals surface area (Å²) in [6.45, 7) is 4.30. The molecule has 3 nitrogen and oxygen atoms in total. The van der Waals surface area contributed by atoms with E-state index >= 15 is 0 Å². The Bertz CT molecular complexity index is 565. The van der Waals surface area contributed by atoms with Crippen molar-refractivity contribution in [3.05, 3.63) is 0 Å². The lowest BCUT2D eigenvalue weighted by Gasteiger charge is -2.58. The lowest BCUT2D eigenvalue weighted by Crippen LogP contribution is -2.57. The molecule has 0 N–H and O–H groups in total. The van der Waals surface area contributed by atoms with Crippen molar-refractivity contribution in [1.29, 1.82) is 0 Å². The van der Waals surface area contributed by atoms with Crippen molar-refractivity contribution >= 4 is 17.3 Å². The Labute approximate surface area is 132 Å². The summed E-state index contributed by atoms with van der Waals surface area (Å²) in [5, 5.41) is 0. The van der Waals surface area contributed by atoms with Gasteiger partial charge in [0.2, 0.25) is 0 Å². The predicted molar refractivity (Wildman–Crippen MR) is 82.1 cm³/mol. The van der Waals surface area contributed by atoms with Gasteiger partial charge in [-0.3, -0.25) is 14.4 Å². The maximum absolute atomic E-state index is 13.0. The lowest BCUT2D eigenvalue weighted by atomic mass is 9.45. The van der Waals surface area contributed by atoms with Gasteiger partial charge in [-0.15, -0.1) is 0 Å². The van der Waals surface area contributed by atoms with Crippen molar-refractivity contribution < 1.29 is 14.4 Å². The Morgan fingerprint density at radius 1 is 1.00 bits per heavy atom. The number of hydrogen-bond acceptors (Lipinski definition) is 3. The van der Waals surface area contributed by atoms with Crippen LogP contribution in [0.1, 0.15) is 65.2 Å². The maximum atomic E-state index is 13.0. The summed E-state index contributed by atoms with van der Waals surface area (Å²) >= 11 is 0. The molecule has 4 rings (SSSR count). The molecule has 0 bridgehead atoms. The largest absolute Gasteiger partial charge is 0.300 e. The second-order valence-corrected chi connectivity index (χ2v) is 8.79. The monoisotopic (exact) mass is 302 g/mol. The fourth-order valence-electron chi connectivity index (χ4n) is 6.64. The Balaban J connectivity index is 1.72. The van der Waals surface area contributed by atoms with Gasteiger partial charge in [-0.2, -0.15) is 0 Å². The van der Waals surface area contributed by atoms with E-state index in [-0.39, 0.29) is 16.7 Å². The smallest absolute Gasteiger partial charge is 0.139 e. The van der Waals surface area contributed by atoms with Crippen LogP contribution in [0, 0.1) is 34.5 Å². The van der Waals surface area contributed by atoms with Crippen LogP contribution in [0.15, 0.2) is 0 Å². The molecule has 0 heterocycles. The number of fused-ring (bicyclic) bond motifs is 5. The third-order valence-electron chi connectivity index (χ3n) is 7.88. The van der Waals surface area contributed by atoms with Gasteiger partial charge in [-0.05, 0) is 48.9 Å². The zero-order chi connectivity index (χ0) is 15.7. The van der Waals surface area contributed by atoms with Crippen molar-refractivity contribution in [2.75, 3.05) is 0 Å². The van der Waals surface area contributed by atoms with Gasteiger partial charge < -0.3 is 0 Å². The molecular formula is C19H26O3. The van der Waals surface area contributed by atoms with Crippen molar-refractivity contribution in [2.24, 2.45) is 34.5 Å². The van der Waals surface area contributed by atoms with Crippen LogP contribution in [0.2, 0.25) is 0 Å². The molecule has 0 aromatic heterocycles. The predicted octanol–water partition coefficient (Wildman–Crippen LogP) is 3.35. The van der Waals surface area contributed by atoms with E-state index in [0.717, 1.165) is 25.7 Å². The van der Waals surface area contributed by atoms with E-state index < -0.39 is 0 Å². The molecule has 0 aromatic rings. The van der Waals surface area contributed by atoms with Gasteiger partial charge in [-0.1, -0.05) is 13.8 Å². The fourth-order valence-corrected chi connectivity index (χ4v) is 6.64. The summed E-state index contributed by atoms with van der Waals surface area (Å²) in [6, 6.07) is 0. The molecule has 4 saturated carbocycles. The van der Waals surface area contributed by atoms with Gasteiger partial charge in [0.25, 0.3) is 0 Å². The molecule has 0 amide bonds. The van der Waals surface area contributed by atoms with E-state index in [1.807, 2.05) is 6.92 Å². The first-order valence-corrected chi connectivity index (χ1v) is 8.94. The molecule has 0 aliphatic heterocycles. The molecule has 0 saturated heterocycles. The molecule has 120 valence electrons. The average Bonchev–Trinajstić information content (AvgIpc) is 2.75. The quantitative estimate of drug-likeness (QED) is 0.689. The van der Waals surface area contributed by atoms with Gasteiger partial charge in [0.1, 0.15) is 17.3 Å². The summed E-state index contributed by atoms with van der Waals surface area (Å²) < 4.78 is 0. The number of ketones is 3. The number of rotatable bonds is 0. The van der Waals surface area contributed by atoms with Gasteiger partial charge in [-0.25, -0.2) is 0 Å². The van der Waals surface area contributed by atoms with Crippen LogP contribution in [0.5, 0.6) is 0 Å². The van der Waals surface area contributed by atoms with Crippen LogP contribution in [0.3, 0.4) is 0 Å². The standard InChI is InChI=1S/C19H26O3/c1-18-8-7-12(20)9-11(18)3-4-13-14-5-6-16(22)19(14,2)10-15(21)17(13)18/h11,13-14,17H,3-10H2,1-2H3/t11-,13?,14?,17?,18-,19-/m0/s1. The van der Waals surface area contributed by atoms with Gasteiger partial charge in [0.15, 0.2) is 0 Å². The molecule has 4 aliphatic carbocycles. The zero-order valence-corrected chi connectivity index (χ0v) is 13.7. The van der Waals surface area contributed by atoms with Crippen LogP contribution in [-0.4, -0.2) is 17.3 Å². The minimum atomic E-state index is -0.383. The highest BCUT2D eigenvalue weighted by Crippen LogP contribution is 2.64. The third-order valence-corrected chi connectivity index (χ3v) is 7.88.